The number of aromatic nitrogens is 1. The van der Waals surface area contributed by atoms with Gasteiger partial charge in [0.05, 0.1) is 11.6 Å². The van der Waals surface area contributed by atoms with Crippen molar-refractivity contribution in [1.29, 1.82) is 0 Å². The zero-order valence-electron chi connectivity index (χ0n) is 11.1. The Bertz CT molecular complexity index is 791. The van der Waals surface area contributed by atoms with Crippen molar-refractivity contribution in [1.82, 2.24) is 10.4 Å². The number of nitrogens with zero attached hydrogens (tertiary/aromatic N) is 1. The minimum atomic E-state index is -0.391. The van der Waals surface area contributed by atoms with E-state index in [0.29, 0.717) is 10.6 Å². The van der Waals surface area contributed by atoms with Crippen molar-refractivity contribution in [3.63, 3.8) is 0 Å². The molecule has 5 heteroatoms. The molecule has 3 nitrogen and oxygen atoms in total. The first-order valence-corrected chi connectivity index (χ1v) is 6.82. The lowest BCUT2D eigenvalue weighted by Crippen LogP contribution is -2.29. The topological polar surface area (TPSA) is 50.9 Å². The highest BCUT2D eigenvalue weighted by Gasteiger charge is 2.17. The standard InChI is InChI=1S/C16H13ClFN3/c17-14-5-4-12(18)9-13(14)16(21-19)11-3-6-15-10(8-11)2-1-7-20-15/h1-9,16,21H,19H2. The molecule has 1 heterocycles. The highest BCUT2D eigenvalue weighted by Crippen LogP contribution is 2.29. The summed E-state index contributed by atoms with van der Waals surface area (Å²) in [6.45, 7) is 0. The Morgan fingerprint density at radius 1 is 1.14 bits per heavy atom. The van der Waals surface area contributed by atoms with Crippen LogP contribution in [0.5, 0.6) is 0 Å². The van der Waals surface area contributed by atoms with Crippen molar-refractivity contribution in [2.24, 2.45) is 5.84 Å². The van der Waals surface area contributed by atoms with Crippen LogP contribution in [0.15, 0.2) is 54.7 Å². The van der Waals surface area contributed by atoms with E-state index in [1.165, 1.54) is 18.2 Å². The average Bonchev–Trinajstić information content (AvgIpc) is 2.51. The first-order chi connectivity index (χ1) is 10.2. The smallest absolute Gasteiger partial charge is 0.123 e. The monoisotopic (exact) mass is 301 g/mol. The van der Waals surface area contributed by atoms with Gasteiger partial charge in [-0.05, 0) is 47.5 Å². The molecule has 0 aliphatic carbocycles. The fourth-order valence-electron chi connectivity index (χ4n) is 2.38. The number of rotatable bonds is 3. The van der Waals surface area contributed by atoms with Crippen LogP contribution < -0.4 is 11.3 Å². The summed E-state index contributed by atoms with van der Waals surface area (Å²) in [5.74, 6) is 5.30. The first-order valence-electron chi connectivity index (χ1n) is 6.45. The summed E-state index contributed by atoms with van der Waals surface area (Å²) in [5.41, 5.74) is 5.08. The number of hydrazine groups is 1. The Kier molecular flexibility index (Phi) is 3.84. The third-order valence-electron chi connectivity index (χ3n) is 3.40. The third kappa shape index (κ3) is 2.74. The molecule has 0 saturated heterocycles. The Labute approximate surface area is 126 Å². The fraction of sp³-hybridized carbons (Fsp3) is 0.0625. The van der Waals surface area contributed by atoms with Gasteiger partial charge in [0, 0.05) is 16.6 Å². The van der Waals surface area contributed by atoms with Crippen molar-refractivity contribution in [2.75, 3.05) is 0 Å². The van der Waals surface area contributed by atoms with Gasteiger partial charge < -0.3 is 0 Å². The molecule has 0 saturated carbocycles. The quantitative estimate of drug-likeness (QED) is 0.574. The highest BCUT2D eigenvalue weighted by molar-refractivity contribution is 6.31. The van der Waals surface area contributed by atoms with Gasteiger partial charge in [-0.1, -0.05) is 23.7 Å². The van der Waals surface area contributed by atoms with E-state index in [4.69, 9.17) is 17.4 Å². The summed E-state index contributed by atoms with van der Waals surface area (Å²) < 4.78 is 13.5. The second-order valence-corrected chi connectivity index (χ2v) is 5.13. The van der Waals surface area contributed by atoms with Gasteiger partial charge in [-0.3, -0.25) is 10.8 Å². The van der Waals surface area contributed by atoms with E-state index in [2.05, 4.69) is 10.4 Å². The Hall–Kier alpha value is -2.01. The summed E-state index contributed by atoms with van der Waals surface area (Å²) in [7, 11) is 0. The predicted octanol–water partition coefficient (Wildman–Crippen LogP) is 3.58. The van der Waals surface area contributed by atoms with Gasteiger partial charge in [0.2, 0.25) is 0 Å². The molecular formula is C16H13ClFN3. The van der Waals surface area contributed by atoms with E-state index >= 15 is 0 Å². The second-order valence-electron chi connectivity index (χ2n) is 4.72. The van der Waals surface area contributed by atoms with Crippen LogP contribution in [-0.2, 0) is 0 Å². The zero-order chi connectivity index (χ0) is 14.8. The van der Waals surface area contributed by atoms with Crippen LogP contribution in [0.2, 0.25) is 5.02 Å². The SMILES string of the molecule is NNC(c1ccc2ncccc2c1)c1cc(F)ccc1Cl. The molecule has 1 atom stereocenters. The van der Waals surface area contributed by atoms with Crippen LogP contribution in [-0.4, -0.2) is 4.98 Å². The van der Waals surface area contributed by atoms with Gasteiger partial charge in [0.15, 0.2) is 0 Å². The van der Waals surface area contributed by atoms with Gasteiger partial charge in [-0.25, -0.2) is 9.82 Å². The molecule has 1 aromatic heterocycles. The normalized spacial score (nSPS) is 12.5. The van der Waals surface area contributed by atoms with Crippen LogP contribution >= 0.6 is 11.6 Å². The summed E-state index contributed by atoms with van der Waals surface area (Å²) in [6.07, 6.45) is 1.74. The molecule has 0 radical (unpaired) electrons. The molecule has 0 fully saturated rings. The van der Waals surface area contributed by atoms with Gasteiger partial charge in [-0.15, -0.1) is 0 Å². The molecule has 0 bridgehead atoms. The van der Waals surface area contributed by atoms with Crippen LogP contribution in [0, 0.1) is 5.82 Å². The van der Waals surface area contributed by atoms with Crippen molar-refractivity contribution < 1.29 is 4.39 Å². The van der Waals surface area contributed by atoms with Gasteiger partial charge in [-0.2, -0.15) is 0 Å². The molecule has 0 aliphatic rings. The maximum absolute atomic E-state index is 13.5. The molecular weight excluding hydrogens is 289 g/mol. The summed E-state index contributed by atoms with van der Waals surface area (Å²) in [6, 6.07) is 13.5. The van der Waals surface area contributed by atoms with Gasteiger partial charge in [0.25, 0.3) is 0 Å². The van der Waals surface area contributed by atoms with Crippen molar-refractivity contribution in [3.8, 4) is 0 Å². The lowest BCUT2D eigenvalue weighted by Gasteiger charge is -2.18. The maximum atomic E-state index is 13.5. The number of hydrogen-bond donors (Lipinski definition) is 2. The molecule has 0 spiro atoms. The van der Waals surface area contributed by atoms with E-state index in [1.54, 1.807) is 6.20 Å². The van der Waals surface area contributed by atoms with E-state index in [1.807, 2.05) is 30.3 Å². The number of fused-ring (bicyclic) bond motifs is 1. The maximum Gasteiger partial charge on any atom is 0.123 e. The molecule has 1 unspecified atom stereocenters. The van der Waals surface area contributed by atoms with Crippen LogP contribution in [0.4, 0.5) is 4.39 Å². The molecule has 3 aromatic rings. The average molecular weight is 302 g/mol. The second kappa shape index (κ2) is 5.77. The predicted molar refractivity (Wildman–Crippen MR) is 82.3 cm³/mol. The Balaban J connectivity index is 2.11. The van der Waals surface area contributed by atoms with E-state index in [9.17, 15) is 4.39 Å². The summed E-state index contributed by atoms with van der Waals surface area (Å²) in [4.78, 5) is 4.27. The molecule has 106 valence electrons. The fourth-order valence-corrected chi connectivity index (χ4v) is 2.60. The van der Waals surface area contributed by atoms with Crippen molar-refractivity contribution >= 4 is 22.5 Å². The lowest BCUT2D eigenvalue weighted by molar-refractivity contribution is 0.605. The van der Waals surface area contributed by atoms with E-state index in [0.717, 1.165) is 16.5 Å². The van der Waals surface area contributed by atoms with Crippen molar-refractivity contribution in [3.05, 3.63) is 76.7 Å². The summed E-state index contributed by atoms with van der Waals surface area (Å²) in [5, 5.41) is 1.45. The molecule has 21 heavy (non-hydrogen) atoms. The van der Waals surface area contributed by atoms with Crippen LogP contribution in [0.25, 0.3) is 10.9 Å². The molecule has 3 N–H and O–H groups in total. The minimum absolute atomic E-state index is 0.350. The number of hydrogen-bond acceptors (Lipinski definition) is 3. The molecule has 3 rings (SSSR count). The van der Waals surface area contributed by atoms with Crippen LogP contribution in [0.3, 0.4) is 0 Å². The molecule has 2 aromatic carbocycles. The number of halogens is 2. The minimum Gasteiger partial charge on any atom is -0.271 e. The molecule has 0 aliphatic heterocycles. The molecule has 0 amide bonds. The van der Waals surface area contributed by atoms with Gasteiger partial charge in [0.1, 0.15) is 5.82 Å². The summed E-state index contributed by atoms with van der Waals surface area (Å²) >= 11 is 6.16. The van der Waals surface area contributed by atoms with E-state index < -0.39 is 6.04 Å². The number of pyridine rings is 1. The number of nitrogens with one attached hydrogen (secondary N) is 1. The largest absolute Gasteiger partial charge is 0.271 e. The van der Waals surface area contributed by atoms with Gasteiger partial charge >= 0.3 is 0 Å². The highest BCUT2D eigenvalue weighted by atomic mass is 35.5. The Morgan fingerprint density at radius 3 is 2.81 bits per heavy atom. The zero-order valence-corrected chi connectivity index (χ0v) is 11.8. The lowest BCUT2D eigenvalue weighted by atomic mass is 9.97. The van der Waals surface area contributed by atoms with Crippen LogP contribution in [0.1, 0.15) is 17.2 Å². The third-order valence-corrected chi connectivity index (χ3v) is 3.74. The van der Waals surface area contributed by atoms with Crippen molar-refractivity contribution in [2.45, 2.75) is 6.04 Å². The number of benzene rings is 2. The number of nitrogens with two attached hydrogens (primary N) is 1. The first kappa shape index (κ1) is 13.9. The Morgan fingerprint density at radius 2 is 2.00 bits per heavy atom. The van der Waals surface area contributed by atoms with E-state index in [-0.39, 0.29) is 5.82 Å².